The van der Waals surface area contributed by atoms with Crippen molar-refractivity contribution < 1.29 is 32.7 Å². The Kier molecular flexibility index (Phi) is 3.54. The molecule has 1 amide bonds. The zero-order chi connectivity index (χ0) is 16.9. The number of carbonyl (C=O) groups excluding carboxylic acids is 2. The molecule has 22 heavy (non-hydrogen) atoms. The van der Waals surface area contributed by atoms with Gasteiger partial charge in [-0.15, -0.1) is 0 Å². The first kappa shape index (κ1) is 16.1. The number of nitrogens with one attached hydrogen (secondary N) is 2. The zero-order valence-corrected chi connectivity index (χ0v) is 11.7. The SMILES string of the molecule is Cc1[nH]c(C(=O)O)c(F)c1C(=O)C(=O)NC1(C)CC(F)(F)C1. The molecule has 0 saturated heterocycles. The molecule has 120 valence electrons. The molecule has 1 aliphatic rings. The highest BCUT2D eigenvalue weighted by atomic mass is 19.3. The second kappa shape index (κ2) is 4.85. The quantitative estimate of drug-likeness (QED) is 0.580. The van der Waals surface area contributed by atoms with Crippen LogP contribution >= 0.6 is 0 Å². The van der Waals surface area contributed by atoms with Crippen molar-refractivity contribution in [2.24, 2.45) is 0 Å². The summed E-state index contributed by atoms with van der Waals surface area (Å²) in [5, 5.41) is 10.9. The summed E-state index contributed by atoms with van der Waals surface area (Å²) in [6, 6.07) is 0. The second-order valence-corrected chi connectivity index (χ2v) is 5.67. The van der Waals surface area contributed by atoms with Gasteiger partial charge in [0.05, 0.1) is 5.56 Å². The lowest BCUT2D eigenvalue weighted by Gasteiger charge is -2.44. The first-order valence-electron chi connectivity index (χ1n) is 6.32. The number of Topliss-reactive ketones (excluding diaryl/α,β-unsaturated/α-hetero) is 1. The number of H-pyrrole nitrogens is 1. The van der Waals surface area contributed by atoms with Gasteiger partial charge < -0.3 is 15.4 Å². The Labute approximate surface area is 122 Å². The van der Waals surface area contributed by atoms with Gasteiger partial charge in [0.25, 0.3) is 17.6 Å². The molecule has 0 atom stereocenters. The lowest BCUT2D eigenvalue weighted by atomic mass is 9.75. The molecule has 9 heteroatoms. The molecule has 0 aromatic carbocycles. The van der Waals surface area contributed by atoms with Crippen LogP contribution in [0.4, 0.5) is 13.2 Å². The molecule has 1 heterocycles. The summed E-state index contributed by atoms with van der Waals surface area (Å²) in [5.41, 5.74) is -2.91. The average Bonchev–Trinajstić information content (AvgIpc) is 2.61. The fourth-order valence-corrected chi connectivity index (χ4v) is 2.63. The van der Waals surface area contributed by atoms with E-state index in [4.69, 9.17) is 5.11 Å². The van der Waals surface area contributed by atoms with Crippen LogP contribution in [0.15, 0.2) is 0 Å². The van der Waals surface area contributed by atoms with E-state index >= 15 is 0 Å². The van der Waals surface area contributed by atoms with Crippen molar-refractivity contribution in [3.8, 4) is 0 Å². The van der Waals surface area contributed by atoms with E-state index in [-0.39, 0.29) is 5.69 Å². The summed E-state index contributed by atoms with van der Waals surface area (Å²) < 4.78 is 39.6. The predicted octanol–water partition coefficient (Wildman–Crippen LogP) is 1.65. The van der Waals surface area contributed by atoms with Gasteiger partial charge in [0.15, 0.2) is 11.5 Å². The van der Waals surface area contributed by atoms with Crippen molar-refractivity contribution in [3.05, 3.63) is 22.8 Å². The van der Waals surface area contributed by atoms with Gasteiger partial charge in [-0.25, -0.2) is 18.0 Å². The molecule has 2 rings (SSSR count). The minimum atomic E-state index is -2.91. The molecule has 1 saturated carbocycles. The number of hydrogen-bond donors (Lipinski definition) is 3. The van der Waals surface area contributed by atoms with Crippen molar-refractivity contribution in [1.29, 1.82) is 0 Å². The van der Waals surface area contributed by atoms with Crippen molar-refractivity contribution in [1.82, 2.24) is 10.3 Å². The predicted molar refractivity (Wildman–Crippen MR) is 67.5 cm³/mol. The van der Waals surface area contributed by atoms with Crippen LogP contribution in [-0.2, 0) is 4.79 Å². The Morgan fingerprint density at radius 3 is 2.23 bits per heavy atom. The molecule has 1 aliphatic carbocycles. The topological polar surface area (TPSA) is 99.3 Å². The van der Waals surface area contributed by atoms with Crippen LogP contribution in [0.2, 0.25) is 0 Å². The van der Waals surface area contributed by atoms with E-state index in [1.165, 1.54) is 13.8 Å². The maximum Gasteiger partial charge on any atom is 0.355 e. The highest BCUT2D eigenvalue weighted by Crippen LogP contribution is 2.45. The number of carboxylic acids is 1. The Morgan fingerprint density at radius 2 is 1.82 bits per heavy atom. The standard InChI is InChI=1S/C13H13F3N2O4/c1-5-6(7(14)8(17-5)11(21)22)9(19)10(20)18-12(2)3-13(15,16)4-12/h17H,3-4H2,1-2H3,(H,18,20)(H,21,22). The van der Waals surface area contributed by atoms with E-state index in [2.05, 4.69) is 10.3 Å². The number of amides is 1. The average molecular weight is 318 g/mol. The molecule has 6 nitrogen and oxygen atoms in total. The zero-order valence-electron chi connectivity index (χ0n) is 11.7. The third-order valence-electron chi connectivity index (χ3n) is 3.49. The third-order valence-corrected chi connectivity index (χ3v) is 3.49. The maximum atomic E-state index is 13.9. The summed E-state index contributed by atoms with van der Waals surface area (Å²) >= 11 is 0. The number of aromatic amines is 1. The Hall–Kier alpha value is -2.32. The molecule has 0 aliphatic heterocycles. The minimum absolute atomic E-state index is 0.126. The third kappa shape index (κ3) is 2.70. The molecule has 1 aromatic heterocycles. The highest BCUT2D eigenvalue weighted by molar-refractivity contribution is 6.43. The normalized spacial score (nSPS) is 18.4. The lowest BCUT2D eigenvalue weighted by molar-refractivity contribution is -0.140. The van der Waals surface area contributed by atoms with Gasteiger partial charge in [-0.2, -0.15) is 0 Å². The fourth-order valence-electron chi connectivity index (χ4n) is 2.63. The van der Waals surface area contributed by atoms with Crippen LogP contribution in [0.3, 0.4) is 0 Å². The molecular weight excluding hydrogens is 305 g/mol. The first-order chi connectivity index (χ1) is 9.96. The van der Waals surface area contributed by atoms with Gasteiger partial charge in [0.1, 0.15) is 0 Å². The smallest absolute Gasteiger partial charge is 0.355 e. The summed E-state index contributed by atoms with van der Waals surface area (Å²) in [6.07, 6.45) is -1.23. The van der Waals surface area contributed by atoms with Crippen molar-refractivity contribution in [2.45, 2.75) is 38.2 Å². The van der Waals surface area contributed by atoms with Crippen LogP contribution in [-0.4, -0.2) is 39.2 Å². The van der Waals surface area contributed by atoms with Crippen LogP contribution in [0.5, 0.6) is 0 Å². The minimum Gasteiger partial charge on any atom is -0.476 e. The molecule has 0 radical (unpaired) electrons. The number of aryl methyl sites for hydroxylation is 1. The van der Waals surface area contributed by atoms with E-state index < -0.39 is 59.0 Å². The van der Waals surface area contributed by atoms with Crippen molar-refractivity contribution in [2.75, 3.05) is 0 Å². The second-order valence-electron chi connectivity index (χ2n) is 5.67. The lowest BCUT2D eigenvalue weighted by Crippen LogP contribution is -2.61. The van der Waals surface area contributed by atoms with Gasteiger partial charge in [-0.1, -0.05) is 0 Å². The van der Waals surface area contributed by atoms with Gasteiger partial charge in [0.2, 0.25) is 0 Å². The van der Waals surface area contributed by atoms with Crippen molar-refractivity contribution >= 4 is 17.7 Å². The summed E-state index contributed by atoms with van der Waals surface area (Å²) in [7, 11) is 0. The number of aromatic carboxylic acids is 1. The summed E-state index contributed by atoms with van der Waals surface area (Å²) in [4.78, 5) is 36.7. The fraction of sp³-hybridized carbons (Fsp3) is 0.462. The van der Waals surface area contributed by atoms with Crippen molar-refractivity contribution in [3.63, 3.8) is 0 Å². The summed E-state index contributed by atoms with van der Waals surface area (Å²) in [5.74, 6) is -8.44. The van der Waals surface area contributed by atoms with Gasteiger partial charge in [0, 0.05) is 24.1 Å². The molecule has 0 spiro atoms. The van der Waals surface area contributed by atoms with E-state index in [9.17, 15) is 27.6 Å². The van der Waals surface area contributed by atoms with E-state index in [0.717, 1.165) is 0 Å². The monoisotopic (exact) mass is 318 g/mol. The number of hydrogen-bond acceptors (Lipinski definition) is 3. The molecule has 0 unspecified atom stereocenters. The number of carboxylic acid groups (broad SMARTS) is 1. The molecular formula is C13H13F3N2O4. The number of carbonyl (C=O) groups is 3. The van der Waals surface area contributed by atoms with E-state index in [1.54, 1.807) is 0 Å². The Balaban J connectivity index is 2.19. The van der Waals surface area contributed by atoms with Crippen LogP contribution in [0, 0.1) is 12.7 Å². The first-order valence-corrected chi connectivity index (χ1v) is 6.32. The van der Waals surface area contributed by atoms with Gasteiger partial charge in [-0.3, -0.25) is 9.59 Å². The van der Waals surface area contributed by atoms with Gasteiger partial charge >= 0.3 is 5.97 Å². The largest absolute Gasteiger partial charge is 0.476 e. The molecule has 1 fully saturated rings. The number of halogens is 3. The Bertz CT molecular complexity index is 673. The van der Waals surface area contributed by atoms with Gasteiger partial charge in [-0.05, 0) is 13.8 Å². The number of rotatable bonds is 4. The summed E-state index contributed by atoms with van der Waals surface area (Å²) in [6.45, 7) is 2.58. The molecule has 1 aromatic rings. The maximum absolute atomic E-state index is 13.9. The highest BCUT2D eigenvalue weighted by Gasteiger charge is 2.54. The number of aromatic nitrogens is 1. The Morgan fingerprint density at radius 1 is 1.27 bits per heavy atom. The molecule has 0 bridgehead atoms. The van der Waals surface area contributed by atoms with Crippen LogP contribution in [0.1, 0.15) is 46.3 Å². The van der Waals surface area contributed by atoms with E-state index in [0.29, 0.717) is 0 Å². The molecule has 3 N–H and O–H groups in total. The number of alkyl halides is 2. The van der Waals surface area contributed by atoms with Crippen LogP contribution < -0.4 is 5.32 Å². The van der Waals surface area contributed by atoms with E-state index in [1.807, 2.05) is 0 Å². The van der Waals surface area contributed by atoms with Crippen LogP contribution in [0.25, 0.3) is 0 Å². The number of ketones is 1.